The van der Waals surface area contributed by atoms with Crippen LogP contribution in [0.4, 0.5) is 13.2 Å². The van der Waals surface area contributed by atoms with Crippen LogP contribution in [0.2, 0.25) is 0 Å². The molecule has 226 valence electrons. The monoisotopic (exact) mass is 595 g/mol. The normalized spacial score (nSPS) is 32.6. The van der Waals surface area contributed by atoms with Crippen molar-refractivity contribution in [1.82, 2.24) is 9.80 Å². The molecule has 2 N–H and O–H groups in total. The molecule has 7 rings (SSSR count). The minimum Gasteiger partial charge on any atom is -0.504 e. The predicted molar refractivity (Wildman–Crippen MR) is 148 cm³/mol. The lowest BCUT2D eigenvalue weighted by Gasteiger charge is -2.65. The molecule has 3 aliphatic carbocycles. The number of nitrogens with zero attached hydrogens (tertiary/aromatic N) is 3. The van der Waals surface area contributed by atoms with Crippen LogP contribution in [0, 0.1) is 17.2 Å². The summed E-state index contributed by atoms with van der Waals surface area (Å²) in [6.07, 6.45) is 1.09. The number of likely N-dealkylation sites (tertiary alicyclic amines) is 1. The average molecular weight is 596 g/mol. The van der Waals surface area contributed by atoms with Gasteiger partial charge in [-0.25, -0.2) is 0 Å². The van der Waals surface area contributed by atoms with Gasteiger partial charge in [0.2, 0.25) is 5.91 Å². The number of piperidine rings is 1. The molecule has 3 fully saturated rings. The van der Waals surface area contributed by atoms with E-state index >= 15 is 0 Å². The summed E-state index contributed by atoms with van der Waals surface area (Å²) in [6, 6.07) is 10.1. The Balaban J connectivity index is 1.22. The average Bonchev–Trinajstić information content (AvgIpc) is 3.71. The molecule has 1 saturated heterocycles. The van der Waals surface area contributed by atoms with E-state index in [1.807, 2.05) is 6.07 Å². The van der Waals surface area contributed by atoms with Gasteiger partial charge >= 0.3 is 6.36 Å². The lowest BCUT2D eigenvalue weighted by Crippen LogP contribution is -2.79. The van der Waals surface area contributed by atoms with Crippen LogP contribution in [-0.2, 0) is 16.6 Å². The maximum absolute atomic E-state index is 13.5. The highest BCUT2D eigenvalue weighted by Gasteiger charge is 2.75. The number of likely N-dealkylation sites (N-methyl/N-ethyl adjacent to an activating group) is 1. The van der Waals surface area contributed by atoms with Gasteiger partial charge in [-0.1, -0.05) is 18.2 Å². The number of hydrogen-bond acceptors (Lipinski definition) is 7. The van der Waals surface area contributed by atoms with E-state index < -0.39 is 41.5 Å². The van der Waals surface area contributed by atoms with Crippen molar-refractivity contribution in [2.75, 3.05) is 13.6 Å². The van der Waals surface area contributed by atoms with E-state index in [1.54, 1.807) is 19.2 Å². The van der Waals surface area contributed by atoms with Crippen molar-refractivity contribution >= 4 is 12.0 Å². The van der Waals surface area contributed by atoms with Gasteiger partial charge in [-0.15, -0.1) is 13.2 Å². The lowest BCUT2D eigenvalue weighted by molar-refractivity contribution is -0.274. The Bertz CT molecular complexity index is 1550. The van der Waals surface area contributed by atoms with Crippen LogP contribution in [0.5, 0.6) is 17.2 Å². The molecule has 11 heteroatoms. The van der Waals surface area contributed by atoms with E-state index in [9.17, 15) is 33.4 Å². The number of alkyl halides is 3. The largest absolute Gasteiger partial charge is 0.573 e. The quantitative estimate of drug-likeness (QED) is 0.480. The van der Waals surface area contributed by atoms with E-state index in [0.29, 0.717) is 42.9 Å². The smallest absolute Gasteiger partial charge is 0.504 e. The Morgan fingerprint density at radius 3 is 2.79 bits per heavy atom. The molecule has 8 nitrogen and oxygen atoms in total. The van der Waals surface area contributed by atoms with Gasteiger partial charge in [-0.3, -0.25) is 9.69 Å². The standard InChI is InChI=1S/C32H32F3N3O5/c1-37(26(40)10-7-18-3-2-4-22(13-18)43-32(33,34)35)23-11-12-31(41)25-14-20-8-9-24(39)28-27(20)30(31,29(23)42-28)15-21(16-36)38(25)17-19-5-6-19/h2-4,7-10,13,19,21,23,25,29,39,41H,5-6,11-12,14-15,17H2,1H3/t21?,23-,25-,29+,30+,31-/m1/s1. The van der Waals surface area contributed by atoms with Crippen molar-refractivity contribution in [2.24, 2.45) is 5.92 Å². The second-order valence-corrected chi connectivity index (χ2v) is 12.6. The number of carbonyl (C=O) groups is 1. The van der Waals surface area contributed by atoms with Crippen molar-refractivity contribution < 1.29 is 37.7 Å². The third-order valence-electron chi connectivity index (χ3n) is 10.3. The molecule has 1 unspecified atom stereocenters. The Hall–Kier alpha value is -3.75. The first kappa shape index (κ1) is 28.0. The highest BCUT2D eigenvalue weighted by molar-refractivity contribution is 5.92. The minimum absolute atomic E-state index is 0.0363. The predicted octanol–water partition coefficient (Wildman–Crippen LogP) is 4.29. The molecular formula is C32H32F3N3O5. The molecule has 2 aliphatic heterocycles. The maximum Gasteiger partial charge on any atom is 0.573 e. The van der Waals surface area contributed by atoms with Crippen LogP contribution in [-0.4, -0.2) is 75.7 Å². The zero-order valence-corrected chi connectivity index (χ0v) is 23.6. The second kappa shape index (κ2) is 9.63. The molecule has 1 spiro atoms. The number of ether oxygens (including phenoxy) is 2. The fourth-order valence-corrected chi connectivity index (χ4v) is 8.27. The van der Waals surface area contributed by atoms with Crippen molar-refractivity contribution in [1.29, 1.82) is 5.26 Å². The number of carbonyl (C=O) groups excluding carboxylic acids is 1. The van der Waals surface area contributed by atoms with Gasteiger partial charge in [0.05, 0.1) is 29.2 Å². The van der Waals surface area contributed by atoms with Crippen LogP contribution in [0.3, 0.4) is 0 Å². The number of halogens is 3. The number of hydrogen-bond donors (Lipinski definition) is 2. The first-order valence-electron chi connectivity index (χ1n) is 14.7. The van der Waals surface area contributed by atoms with Crippen LogP contribution in [0.1, 0.15) is 48.8 Å². The molecule has 0 aromatic heterocycles. The fourth-order valence-electron chi connectivity index (χ4n) is 8.27. The molecule has 2 bridgehead atoms. The molecule has 0 radical (unpaired) electrons. The van der Waals surface area contributed by atoms with Gasteiger partial charge in [0.25, 0.3) is 0 Å². The van der Waals surface area contributed by atoms with Crippen LogP contribution < -0.4 is 9.47 Å². The van der Waals surface area contributed by atoms with Crippen LogP contribution in [0.15, 0.2) is 42.5 Å². The molecular weight excluding hydrogens is 563 g/mol. The summed E-state index contributed by atoms with van der Waals surface area (Å²) in [5.41, 5.74) is -0.123. The molecule has 43 heavy (non-hydrogen) atoms. The summed E-state index contributed by atoms with van der Waals surface area (Å²) < 4.78 is 48.5. The number of phenolic OH excluding ortho intramolecular Hbond substituents is 1. The number of nitriles is 1. The molecule has 2 aromatic carbocycles. The number of rotatable bonds is 6. The summed E-state index contributed by atoms with van der Waals surface area (Å²) in [4.78, 5) is 17.2. The summed E-state index contributed by atoms with van der Waals surface area (Å²) in [6.45, 7) is 0.759. The summed E-state index contributed by atoms with van der Waals surface area (Å²) >= 11 is 0. The Kier molecular flexibility index (Phi) is 6.28. The van der Waals surface area contributed by atoms with Gasteiger partial charge < -0.3 is 24.6 Å². The Morgan fingerprint density at radius 1 is 1.28 bits per heavy atom. The van der Waals surface area contributed by atoms with Gasteiger partial charge in [-0.05, 0) is 79.8 Å². The van der Waals surface area contributed by atoms with Crippen molar-refractivity contribution in [3.05, 3.63) is 59.2 Å². The van der Waals surface area contributed by atoms with E-state index in [1.165, 1.54) is 35.3 Å². The van der Waals surface area contributed by atoms with Crippen molar-refractivity contribution in [3.8, 4) is 23.3 Å². The highest BCUT2D eigenvalue weighted by atomic mass is 19.4. The Labute approximate surface area is 246 Å². The van der Waals surface area contributed by atoms with Gasteiger partial charge in [-0.2, -0.15) is 5.26 Å². The lowest BCUT2D eigenvalue weighted by atomic mass is 9.47. The molecule has 5 aliphatic rings. The molecule has 1 amide bonds. The van der Waals surface area contributed by atoms with E-state index in [4.69, 9.17) is 4.74 Å². The third-order valence-corrected chi connectivity index (χ3v) is 10.3. The molecule has 2 heterocycles. The zero-order valence-electron chi connectivity index (χ0n) is 23.6. The van der Waals surface area contributed by atoms with Crippen LogP contribution in [0.25, 0.3) is 6.08 Å². The van der Waals surface area contributed by atoms with E-state index in [0.717, 1.165) is 30.5 Å². The van der Waals surface area contributed by atoms with Crippen LogP contribution >= 0.6 is 0 Å². The number of aromatic hydroxyl groups is 1. The Morgan fingerprint density at radius 2 is 2.07 bits per heavy atom. The third kappa shape index (κ3) is 4.29. The van der Waals surface area contributed by atoms with E-state index in [2.05, 4.69) is 15.7 Å². The fraction of sp³-hybridized carbons (Fsp3) is 0.500. The van der Waals surface area contributed by atoms with Gasteiger partial charge in [0, 0.05) is 31.3 Å². The van der Waals surface area contributed by atoms with Crippen molar-refractivity contribution in [3.63, 3.8) is 0 Å². The SMILES string of the molecule is CN(C(=O)C=Cc1cccc(OC(F)(F)F)c1)[C@@H]1CC[C@@]2(O)[C@H]3Cc4ccc(O)c5c4[C@@]2(CC(C#N)N3CC2CC2)[C@H]1O5. The number of amides is 1. The number of phenols is 1. The van der Waals surface area contributed by atoms with Crippen molar-refractivity contribution in [2.45, 2.75) is 80.1 Å². The van der Waals surface area contributed by atoms with Gasteiger partial charge in [0.15, 0.2) is 11.5 Å². The van der Waals surface area contributed by atoms with E-state index in [-0.39, 0.29) is 17.5 Å². The highest BCUT2D eigenvalue weighted by Crippen LogP contribution is 2.66. The number of benzene rings is 2. The minimum atomic E-state index is -4.83. The maximum atomic E-state index is 13.5. The first-order chi connectivity index (χ1) is 20.4. The number of aliphatic hydroxyl groups is 1. The zero-order chi connectivity index (χ0) is 30.3. The second-order valence-electron chi connectivity index (χ2n) is 12.6. The summed E-state index contributed by atoms with van der Waals surface area (Å²) in [5.74, 6) is 0.0185. The van der Waals surface area contributed by atoms with Gasteiger partial charge in [0.1, 0.15) is 11.9 Å². The topological polar surface area (TPSA) is 106 Å². The summed E-state index contributed by atoms with van der Waals surface area (Å²) in [7, 11) is 1.64. The molecule has 6 atom stereocenters. The summed E-state index contributed by atoms with van der Waals surface area (Å²) in [5, 5.41) is 33.9. The molecule has 2 aromatic rings. The first-order valence-corrected chi connectivity index (χ1v) is 14.7. The molecule has 2 saturated carbocycles.